The Balaban J connectivity index is 1.48. The van der Waals surface area contributed by atoms with Gasteiger partial charge in [-0.3, -0.25) is 4.79 Å². The van der Waals surface area contributed by atoms with Crippen LogP contribution in [0.3, 0.4) is 0 Å². The first-order valence-electron chi connectivity index (χ1n) is 9.34. The molecule has 7 nitrogen and oxygen atoms in total. The minimum Gasteiger partial charge on any atom is -0.355 e. The molecule has 0 saturated carbocycles. The van der Waals surface area contributed by atoms with Crippen LogP contribution in [0.1, 0.15) is 37.1 Å². The van der Waals surface area contributed by atoms with Gasteiger partial charge in [0.05, 0.1) is 10.7 Å². The number of hydrogen-bond donors (Lipinski definition) is 1. The average molecular weight is 439 g/mol. The van der Waals surface area contributed by atoms with Gasteiger partial charge in [-0.15, -0.1) is 15.3 Å². The largest absolute Gasteiger partial charge is 0.453 e. The molecule has 0 aliphatic carbocycles. The van der Waals surface area contributed by atoms with Crippen LogP contribution in [0.4, 0.5) is 24.7 Å². The first-order valence-corrected chi connectivity index (χ1v) is 9.72. The lowest BCUT2D eigenvalue weighted by atomic mass is 9.89. The highest BCUT2D eigenvalue weighted by Gasteiger charge is 2.38. The Kier molecular flexibility index (Phi) is 5.27. The molecule has 0 unspecified atom stereocenters. The highest BCUT2D eigenvalue weighted by atomic mass is 35.5. The standard InChI is InChI=1S/C19H18ClF3N6O/c1-11(30)24-15-3-2-13(10-14(15)20)12-6-8-28(9-7-12)17-5-4-16-25-26-18(19(21,22)23)29(16)27-17/h2-5,10,12H,6-9H2,1H3,(H,24,30). The first-order chi connectivity index (χ1) is 14.2. The van der Waals surface area contributed by atoms with Crippen molar-refractivity contribution in [1.82, 2.24) is 19.8 Å². The number of benzene rings is 1. The smallest absolute Gasteiger partial charge is 0.355 e. The number of alkyl halides is 3. The van der Waals surface area contributed by atoms with Crippen LogP contribution in [0.2, 0.25) is 5.02 Å². The van der Waals surface area contributed by atoms with Gasteiger partial charge in [-0.25, -0.2) is 0 Å². The van der Waals surface area contributed by atoms with Crippen LogP contribution in [-0.4, -0.2) is 38.8 Å². The van der Waals surface area contributed by atoms with E-state index in [-0.39, 0.29) is 17.5 Å². The summed E-state index contributed by atoms with van der Waals surface area (Å²) in [6.45, 7) is 2.69. The predicted octanol–water partition coefficient (Wildman–Crippen LogP) is 4.14. The molecule has 30 heavy (non-hydrogen) atoms. The number of aromatic nitrogens is 4. The van der Waals surface area contributed by atoms with Crippen LogP contribution in [0, 0.1) is 0 Å². The first kappa shape index (κ1) is 20.4. The Morgan fingerprint density at radius 1 is 1.17 bits per heavy atom. The lowest BCUT2D eigenvalue weighted by Gasteiger charge is -2.33. The Bertz CT molecular complexity index is 1090. The normalized spacial score (nSPS) is 15.6. The molecule has 3 heterocycles. The van der Waals surface area contributed by atoms with E-state index >= 15 is 0 Å². The van der Waals surface area contributed by atoms with Crippen molar-refractivity contribution < 1.29 is 18.0 Å². The van der Waals surface area contributed by atoms with E-state index in [4.69, 9.17) is 11.6 Å². The van der Waals surface area contributed by atoms with Crippen LogP contribution in [0.15, 0.2) is 30.3 Å². The quantitative estimate of drug-likeness (QED) is 0.665. The molecule has 2 aromatic heterocycles. The number of nitrogens with zero attached hydrogens (tertiary/aromatic N) is 5. The molecule has 1 aliphatic heterocycles. The second kappa shape index (κ2) is 7.75. The number of carbonyl (C=O) groups excluding carboxylic acids is 1. The maximum Gasteiger partial charge on any atom is 0.453 e. The van der Waals surface area contributed by atoms with Gasteiger partial charge in [0.2, 0.25) is 5.91 Å². The number of anilines is 2. The fourth-order valence-electron chi connectivity index (χ4n) is 3.64. The highest BCUT2D eigenvalue weighted by Crippen LogP contribution is 2.34. The van der Waals surface area contributed by atoms with E-state index in [0.717, 1.165) is 22.9 Å². The van der Waals surface area contributed by atoms with Crippen molar-refractivity contribution in [3.63, 3.8) is 0 Å². The Hall–Kier alpha value is -2.88. The lowest BCUT2D eigenvalue weighted by Crippen LogP contribution is -2.34. The summed E-state index contributed by atoms with van der Waals surface area (Å²) in [5.74, 6) is -0.618. The van der Waals surface area contributed by atoms with Crippen molar-refractivity contribution in [2.75, 3.05) is 23.3 Å². The van der Waals surface area contributed by atoms with Gasteiger partial charge in [0, 0.05) is 20.0 Å². The molecule has 0 atom stereocenters. The second-order valence-corrected chi connectivity index (χ2v) is 7.57. The summed E-state index contributed by atoms with van der Waals surface area (Å²) in [7, 11) is 0. The van der Waals surface area contributed by atoms with Gasteiger partial charge in [-0.1, -0.05) is 17.7 Å². The van der Waals surface area contributed by atoms with Crippen molar-refractivity contribution in [2.24, 2.45) is 0 Å². The molecule has 158 valence electrons. The lowest BCUT2D eigenvalue weighted by molar-refractivity contribution is -0.146. The fourth-order valence-corrected chi connectivity index (χ4v) is 3.88. The van der Waals surface area contributed by atoms with Crippen LogP contribution < -0.4 is 10.2 Å². The number of nitrogens with one attached hydrogen (secondary N) is 1. The molecule has 0 radical (unpaired) electrons. The number of halogens is 4. The molecule has 1 saturated heterocycles. The van der Waals surface area contributed by atoms with Crippen LogP contribution >= 0.6 is 11.6 Å². The van der Waals surface area contributed by atoms with Gasteiger partial charge in [0.1, 0.15) is 5.82 Å². The molecule has 0 bridgehead atoms. The summed E-state index contributed by atoms with van der Waals surface area (Å²) in [5.41, 5.74) is 1.68. The third-order valence-corrected chi connectivity index (χ3v) is 5.41. The van der Waals surface area contributed by atoms with Gasteiger partial charge < -0.3 is 10.2 Å². The summed E-state index contributed by atoms with van der Waals surface area (Å²) >= 11 is 6.27. The third-order valence-electron chi connectivity index (χ3n) is 5.10. The second-order valence-electron chi connectivity index (χ2n) is 7.16. The van der Waals surface area contributed by atoms with E-state index < -0.39 is 12.0 Å². The number of carbonyl (C=O) groups is 1. The maximum absolute atomic E-state index is 13.1. The third kappa shape index (κ3) is 4.04. The maximum atomic E-state index is 13.1. The minimum absolute atomic E-state index is 0.0508. The summed E-state index contributed by atoms with van der Waals surface area (Å²) in [5, 5.41) is 14.0. The zero-order valence-corrected chi connectivity index (χ0v) is 16.7. The van der Waals surface area contributed by atoms with Gasteiger partial charge in [-0.2, -0.15) is 17.7 Å². The van der Waals surface area contributed by atoms with Crippen LogP contribution in [0.25, 0.3) is 5.65 Å². The predicted molar refractivity (Wildman–Crippen MR) is 106 cm³/mol. The van der Waals surface area contributed by atoms with Crippen molar-refractivity contribution in [1.29, 1.82) is 0 Å². The van der Waals surface area contributed by atoms with E-state index in [9.17, 15) is 18.0 Å². The molecule has 1 aromatic carbocycles. The summed E-state index contributed by atoms with van der Waals surface area (Å²) < 4.78 is 40.0. The Morgan fingerprint density at radius 3 is 2.53 bits per heavy atom. The van der Waals surface area contributed by atoms with E-state index in [0.29, 0.717) is 29.6 Å². The molecule has 4 rings (SSSR count). The fraction of sp³-hybridized carbons (Fsp3) is 0.368. The van der Waals surface area contributed by atoms with E-state index in [1.807, 2.05) is 17.0 Å². The molecule has 1 fully saturated rings. The molecule has 1 aliphatic rings. The summed E-state index contributed by atoms with van der Waals surface area (Å²) in [4.78, 5) is 13.2. The molecule has 0 spiro atoms. The van der Waals surface area contributed by atoms with Crippen LogP contribution in [0.5, 0.6) is 0 Å². The Labute approximate surface area is 174 Å². The van der Waals surface area contributed by atoms with E-state index in [2.05, 4.69) is 20.6 Å². The number of hydrogen-bond acceptors (Lipinski definition) is 5. The Morgan fingerprint density at radius 2 is 1.90 bits per heavy atom. The number of amides is 1. The van der Waals surface area contributed by atoms with E-state index in [1.54, 1.807) is 12.1 Å². The topological polar surface area (TPSA) is 75.4 Å². The molecular formula is C19H18ClF3N6O. The van der Waals surface area contributed by atoms with Crippen molar-refractivity contribution in [3.8, 4) is 0 Å². The molecule has 3 aromatic rings. The van der Waals surface area contributed by atoms with Gasteiger partial charge in [-0.05, 0) is 48.6 Å². The number of piperidine rings is 1. The molecule has 1 N–H and O–H groups in total. The van der Waals surface area contributed by atoms with Crippen molar-refractivity contribution in [2.45, 2.75) is 31.9 Å². The zero-order chi connectivity index (χ0) is 21.5. The van der Waals surface area contributed by atoms with Crippen LogP contribution in [-0.2, 0) is 11.0 Å². The highest BCUT2D eigenvalue weighted by molar-refractivity contribution is 6.33. The summed E-state index contributed by atoms with van der Waals surface area (Å²) in [6, 6.07) is 8.71. The average Bonchev–Trinajstić information content (AvgIpc) is 3.13. The van der Waals surface area contributed by atoms with Crippen molar-refractivity contribution >= 4 is 34.7 Å². The number of rotatable bonds is 3. The SMILES string of the molecule is CC(=O)Nc1ccc(C2CCN(c3ccc4nnc(C(F)(F)F)n4n3)CC2)cc1Cl. The van der Waals surface area contributed by atoms with E-state index in [1.165, 1.54) is 13.0 Å². The van der Waals surface area contributed by atoms with Gasteiger partial charge >= 0.3 is 6.18 Å². The van der Waals surface area contributed by atoms with Gasteiger partial charge in [0.25, 0.3) is 5.82 Å². The van der Waals surface area contributed by atoms with Crippen molar-refractivity contribution in [3.05, 3.63) is 46.7 Å². The zero-order valence-electron chi connectivity index (χ0n) is 15.9. The monoisotopic (exact) mass is 438 g/mol. The molecular weight excluding hydrogens is 421 g/mol. The van der Waals surface area contributed by atoms with Gasteiger partial charge in [0.15, 0.2) is 5.65 Å². The summed E-state index contributed by atoms with van der Waals surface area (Å²) in [6.07, 6.45) is -3.03. The molecule has 1 amide bonds. The minimum atomic E-state index is -4.62. The number of fused-ring (bicyclic) bond motifs is 1. The molecule has 11 heteroatoms.